The van der Waals surface area contributed by atoms with Crippen LogP contribution in [0.4, 0.5) is 0 Å². The van der Waals surface area contributed by atoms with Crippen LogP contribution in [0.25, 0.3) is 0 Å². The van der Waals surface area contributed by atoms with E-state index in [2.05, 4.69) is 13.8 Å². The first kappa shape index (κ1) is 16.0. The minimum absolute atomic E-state index is 0.0428. The second-order valence-corrected chi connectivity index (χ2v) is 9.74. The molecule has 4 aliphatic rings. The van der Waals surface area contributed by atoms with Gasteiger partial charge in [-0.15, -0.1) is 0 Å². The van der Waals surface area contributed by atoms with Crippen molar-refractivity contribution in [2.75, 3.05) is 7.11 Å². The second kappa shape index (κ2) is 5.49. The Morgan fingerprint density at radius 3 is 2.57 bits per heavy atom. The average Bonchev–Trinajstić information content (AvgIpc) is 2.95. The molecule has 0 amide bonds. The van der Waals surface area contributed by atoms with Gasteiger partial charge in [0.05, 0.1) is 13.0 Å². The first-order valence-electron chi connectivity index (χ1n) is 10.1. The molecular formula is C21H34O2. The van der Waals surface area contributed by atoms with Gasteiger partial charge in [0.15, 0.2) is 0 Å². The van der Waals surface area contributed by atoms with E-state index >= 15 is 0 Å². The Labute approximate surface area is 141 Å². The summed E-state index contributed by atoms with van der Waals surface area (Å²) in [5, 5.41) is 0. The predicted molar refractivity (Wildman–Crippen MR) is 91.9 cm³/mol. The van der Waals surface area contributed by atoms with Gasteiger partial charge >= 0.3 is 5.97 Å². The van der Waals surface area contributed by atoms with Gasteiger partial charge in [-0.05, 0) is 92.3 Å². The highest BCUT2D eigenvalue weighted by molar-refractivity contribution is 5.72. The molecule has 0 saturated heterocycles. The van der Waals surface area contributed by atoms with Crippen LogP contribution < -0.4 is 0 Å². The van der Waals surface area contributed by atoms with Crippen LogP contribution in [-0.2, 0) is 9.53 Å². The summed E-state index contributed by atoms with van der Waals surface area (Å²) in [6, 6.07) is 0. The zero-order valence-electron chi connectivity index (χ0n) is 15.3. The average molecular weight is 319 g/mol. The van der Waals surface area contributed by atoms with Crippen molar-refractivity contribution in [3.05, 3.63) is 0 Å². The molecule has 0 aromatic rings. The van der Waals surface area contributed by atoms with Crippen molar-refractivity contribution < 1.29 is 9.53 Å². The summed E-state index contributed by atoms with van der Waals surface area (Å²) in [6.07, 6.45) is 13.5. The van der Waals surface area contributed by atoms with Crippen LogP contribution in [0, 0.1) is 40.4 Å². The van der Waals surface area contributed by atoms with E-state index in [9.17, 15) is 4.79 Å². The minimum Gasteiger partial charge on any atom is -0.469 e. The molecule has 0 N–H and O–H groups in total. The maximum absolute atomic E-state index is 12.0. The summed E-state index contributed by atoms with van der Waals surface area (Å²) in [5.74, 6) is 3.88. The van der Waals surface area contributed by atoms with Crippen molar-refractivity contribution >= 4 is 5.97 Å². The second-order valence-electron chi connectivity index (χ2n) is 9.74. The topological polar surface area (TPSA) is 26.3 Å². The van der Waals surface area contributed by atoms with E-state index in [4.69, 9.17) is 4.74 Å². The molecule has 7 atom stereocenters. The predicted octanol–water partition coefficient (Wildman–Crippen LogP) is 5.21. The van der Waals surface area contributed by atoms with E-state index in [0.29, 0.717) is 10.8 Å². The third-order valence-electron chi connectivity index (χ3n) is 8.98. The number of carbonyl (C=O) groups is 1. The highest BCUT2D eigenvalue weighted by Gasteiger charge is 2.58. The lowest BCUT2D eigenvalue weighted by Gasteiger charge is -2.60. The van der Waals surface area contributed by atoms with Crippen molar-refractivity contribution in [2.24, 2.45) is 40.4 Å². The number of hydrogen-bond donors (Lipinski definition) is 0. The highest BCUT2D eigenvalue weighted by Crippen LogP contribution is 2.66. The molecule has 1 unspecified atom stereocenters. The number of rotatable bonds is 1. The molecule has 4 saturated carbocycles. The summed E-state index contributed by atoms with van der Waals surface area (Å²) >= 11 is 0. The van der Waals surface area contributed by atoms with Gasteiger partial charge in [0.2, 0.25) is 0 Å². The van der Waals surface area contributed by atoms with Gasteiger partial charge in [0.25, 0.3) is 0 Å². The number of methoxy groups -OCH3 is 1. The molecule has 130 valence electrons. The standard InChI is InChI=1S/C21H34O2/c1-20-10-4-5-17(20)16-7-6-15-13-14(19(22)23-3)8-12-21(15,2)18(16)9-11-20/h14-18H,4-13H2,1-3H3/t14?,15-,16-,17-,18-,20-,21-/m0/s1. The maximum atomic E-state index is 12.0. The monoisotopic (exact) mass is 318 g/mol. The number of carbonyl (C=O) groups excluding carboxylic acids is 1. The molecule has 0 radical (unpaired) electrons. The number of hydrogen-bond acceptors (Lipinski definition) is 2. The molecule has 0 bridgehead atoms. The lowest BCUT2D eigenvalue weighted by molar-refractivity contribution is -0.154. The van der Waals surface area contributed by atoms with E-state index in [0.717, 1.165) is 36.5 Å². The highest BCUT2D eigenvalue weighted by atomic mass is 16.5. The number of fused-ring (bicyclic) bond motifs is 5. The number of ether oxygens (including phenoxy) is 1. The van der Waals surface area contributed by atoms with E-state index in [1.165, 1.54) is 51.4 Å². The Balaban J connectivity index is 1.55. The summed E-state index contributed by atoms with van der Waals surface area (Å²) in [4.78, 5) is 12.0. The van der Waals surface area contributed by atoms with Gasteiger partial charge in [-0.1, -0.05) is 20.3 Å². The van der Waals surface area contributed by atoms with Crippen LogP contribution in [0.1, 0.15) is 78.1 Å². The fourth-order valence-electron chi connectivity index (χ4n) is 7.63. The Morgan fingerprint density at radius 2 is 1.78 bits per heavy atom. The minimum atomic E-state index is 0.0428. The van der Waals surface area contributed by atoms with Gasteiger partial charge in [-0.3, -0.25) is 4.79 Å². The molecule has 23 heavy (non-hydrogen) atoms. The summed E-state index contributed by atoms with van der Waals surface area (Å²) < 4.78 is 5.04. The van der Waals surface area contributed by atoms with Crippen molar-refractivity contribution in [1.29, 1.82) is 0 Å². The van der Waals surface area contributed by atoms with Gasteiger partial charge in [-0.25, -0.2) is 0 Å². The number of esters is 1. The quantitative estimate of drug-likeness (QED) is 0.620. The van der Waals surface area contributed by atoms with Gasteiger partial charge in [0.1, 0.15) is 0 Å². The molecular weight excluding hydrogens is 284 g/mol. The molecule has 4 aliphatic carbocycles. The molecule has 2 heteroatoms. The van der Waals surface area contributed by atoms with Crippen LogP contribution in [-0.4, -0.2) is 13.1 Å². The lowest BCUT2D eigenvalue weighted by atomic mass is 9.45. The van der Waals surface area contributed by atoms with Crippen molar-refractivity contribution in [3.8, 4) is 0 Å². The molecule has 2 nitrogen and oxygen atoms in total. The normalized spacial score (nSPS) is 52.2. The van der Waals surface area contributed by atoms with Gasteiger partial charge < -0.3 is 4.74 Å². The van der Waals surface area contributed by atoms with E-state index in [1.807, 2.05) is 0 Å². The van der Waals surface area contributed by atoms with Crippen molar-refractivity contribution in [3.63, 3.8) is 0 Å². The van der Waals surface area contributed by atoms with Crippen molar-refractivity contribution in [1.82, 2.24) is 0 Å². The third-order valence-corrected chi connectivity index (χ3v) is 8.98. The summed E-state index contributed by atoms with van der Waals surface area (Å²) in [6.45, 7) is 5.17. The van der Waals surface area contributed by atoms with E-state index in [-0.39, 0.29) is 11.9 Å². The maximum Gasteiger partial charge on any atom is 0.308 e. The Bertz CT molecular complexity index is 486. The molecule has 4 fully saturated rings. The first-order valence-corrected chi connectivity index (χ1v) is 10.1. The van der Waals surface area contributed by atoms with Gasteiger partial charge in [0, 0.05) is 0 Å². The SMILES string of the molecule is COC(=O)C1CC[C@@]2(C)[C@@H](CC[C@H]3[C@@H]4CCC[C@@]4(C)CC[C@@H]32)C1. The van der Waals surface area contributed by atoms with Gasteiger partial charge in [-0.2, -0.15) is 0 Å². The third kappa shape index (κ3) is 2.30. The summed E-state index contributed by atoms with van der Waals surface area (Å²) in [5.41, 5.74) is 1.16. The lowest BCUT2D eigenvalue weighted by Crippen LogP contribution is -2.53. The van der Waals surface area contributed by atoms with E-state index < -0.39 is 0 Å². The van der Waals surface area contributed by atoms with Crippen LogP contribution in [0.3, 0.4) is 0 Å². The largest absolute Gasteiger partial charge is 0.469 e. The van der Waals surface area contributed by atoms with Crippen LogP contribution >= 0.6 is 0 Å². The van der Waals surface area contributed by atoms with Crippen LogP contribution in [0.2, 0.25) is 0 Å². The Kier molecular flexibility index (Phi) is 3.81. The molecule has 0 aromatic heterocycles. The first-order chi connectivity index (χ1) is 11.0. The molecule has 0 spiro atoms. The smallest absolute Gasteiger partial charge is 0.308 e. The van der Waals surface area contributed by atoms with Crippen molar-refractivity contribution in [2.45, 2.75) is 78.1 Å². The molecule has 0 aliphatic heterocycles. The fourth-order valence-corrected chi connectivity index (χ4v) is 7.63. The zero-order chi connectivity index (χ0) is 16.2. The summed E-state index contributed by atoms with van der Waals surface area (Å²) in [7, 11) is 1.55. The molecule has 0 heterocycles. The fraction of sp³-hybridized carbons (Fsp3) is 0.952. The van der Waals surface area contributed by atoms with Crippen LogP contribution in [0.15, 0.2) is 0 Å². The Morgan fingerprint density at radius 1 is 0.957 bits per heavy atom. The van der Waals surface area contributed by atoms with E-state index in [1.54, 1.807) is 7.11 Å². The zero-order valence-corrected chi connectivity index (χ0v) is 15.3. The Hall–Kier alpha value is -0.530. The molecule has 0 aromatic carbocycles. The van der Waals surface area contributed by atoms with Crippen LogP contribution in [0.5, 0.6) is 0 Å². The molecule has 4 rings (SSSR count).